The standard InChI is InChI=1S/C25H25F3N6O2S/c1-36-15-5-4-14-12-24(20(29)16(14)11-15)6-9-34(10-7-24)23-19(22(30)35)33-18(13-32-23)37-17-3-2-8-31-21(17)25(26,27)28/h2-5,8,11,13,20H,6-7,9-10,12,29H2,1H3,(H2,30,35)/t20-/m1/s1. The minimum absolute atomic E-state index is 0.0814. The number of carbonyl (C=O) groups is 1. The molecule has 12 heteroatoms. The molecule has 0 saturated carbocycles. The highest BCUT2D eigenvalue weighted by Crippen LogP contribution is 2.51. The second-order valence-corrected chi connectivity index (χ2v) is 10.3. The molecule has 4 N–H and O–H groups in total. The Balaban J connectivity index is 1.35. The number of methoxy groups -OCH3 is 1. The van der Waals surface area contributed by atoms with Crippen LogP contribution in [0.15, 0.2) is 52.6 Å². The summed E-state index contributed by atoms with van der Waals surface area (Å²) < 4.78 is 45.4. The van der Waals surface area contributed by atoms with Crippen molar-refractivity contribution in [3.05, 3.63) is 65.2 Å². The largest absolute Gasteiger partial charge is 0.497 e. The van der Waals surface area contributed by atoms with Crippen molar-refractivity contribution in [2.75, 3.05) is 25.1 Å². The van der Waals surface area contributed by atoms with Crippen LogP contribution in [-0.2, 0) is 12.6 Å². The Morgan fingerprint density at radius 1 is 1.22 bits per heavy atom. The molecule has 2 aliphatic rings. The highest BCUT2D eigenvalue weighted by atomic mass is 32.2. The van der Waals surface area contributed by atoms with Crippen LogP contribution in [-0.4, -0.2) is 41.1 Å². The van der Waals surface area contributed by atoms with Crippen LogP contribution in [0.5, 0.6) is 5.75 Å². The summed E-state index contributed by atoms with van der Waals surface area (Å²) in [6.07, 6.45) is 0.202. The highest BCUT2D eigenvalue weighted by molar-refractivity contribution is 7.99. The molecule has 1 aliphatic carbocycles. The zero-order valence-corrected chi connectivity index (χ0v) is 20.8. The van der Waals surface area contributed by atoms with E-state index in [-0.39, 0.29) is 27.1 Å². The lowest BCUT2D eigenvalue weighted by Gasteiger charge is -2.42. The summed E-state index contributed by atoms with van der Waals surface area (Å²) >= 11 is 0.730. The number of nitrogens with zero attached hydrogens (tertiary/aromatic N) is 4. The van der Waals surface area contributed by atoms with Gasteiger partial charge in [0.1, 0.15) is 10.8 Å². The molecular weight excluding hydrogens is 505 g/mol. The first kappa shape index (κ1) is 25.3. The number of alkyl halides is 3. The van der Waals surface area contributed by atoms with Gasteiger partial charge in [0.2, 0.25) is 0 Å². The van der Waals surface area contributed by atoms with Crippen molar-refractivity contribution < 1.29 is 22.7 Å². The van der Waals surface area contributed by atoms with E-state index in [0.717, 1.165) is 48.5 Å². The minimum Gasteiger partial charge on any atom is -0.497 e. The van der Waals surface area contributed by atoms with Gasteiger partial charge in [0.05, 0.1) is 13.3 Å². The maximum Gasteiger partial charge on any atom is 0.434 e. The van der Waals surface area contributed by atoms with Crippen LogP contribution in [0, 0.1) is 5.41 Å². The summed E-state index contributed by atoms with van der Waals surface area (Å²) in [5.74, 6) is 0.292. The SMILES string of the molecule is COc1ccc2c(c1)[C@@H](N)C1(CCN(c3ncc(Sc4cccnc4C(F)(F)F)nc3C(N)=O)CC1)C2. The van der Waals surface area contributed by atoms with Crippen LogP contribution in [0.25, 0.3) is 0 Å². The quantitative estimate of drug-likeness (QED) is 0.508. The number of amides is 1. The van der Waals surface area contributed by atoms with Crippen molar-refractivity contribution in [2.24, 2.45) is 16.9 Å². The lowest BCUT2D eigenvalue weighted by atomic mass is 9.73. The lowest BCUT2D eigenvalue weighted by Crippen LogP contribution is -2.45. The molecule has 0 radical (unpaired) electrons. The predicted molar refractivity (Wildman–Crippen MR) is 131 cm³/mol. The first-order valence-electron chi connectivity index (χ1n) is 11.7. The number of fused-ring (bicyclic) bond motifs is 1. The number of anilines is 1. The van der Waals surface area contributed by atoms with Crippen molar-refractivity contribution in [2.45, 2.75) is 41.4 Å². The van der Waals surface area contributed by atoms with E-state index in [4.69, 9.17) is 16.2 Å². The van der Waals surface area contributed by atoms with Gasteiger partial charge in [-0.15, -0.1) is 0 Å². The van der Waals surface area contributed by atoms with Gasteiger partial charge in [-0.2, -0.15) is 13.2 Å². The van der Waals surface area contributed by atoms with E-state index in [2.05, 4.69) is 21.0 Å². The monoisotopic (exact) mass is 530 g/mol. The second-order valence-electron chi connectivity index (χ2n) is 9.26. The molecule has 1 aliphatic heterocycles. The van der Waals surface area contributed by atoms with Crippen molar-refractivity contribution >= 4 is 23.5 Å². The van der Waals surface area contributed by atoms with E-state index >= 15 is 0 Å². The van der Waals surface area contributed by atoms with Gasteiger partial charge >= 0.3 is 6.18 Å². The number of pyridine rings is 1. The Labute approximate surface area is 215 Å². The summed E-state index contributed by atoms with van der Waals surface area (Å²) in [5.41, 5.74) is 13.4. The Bertz CT molecular complexity index is 1340. The molecule has 2 aromatic heterocycles. The number of carbonyl (C=O) groups excluding carboxylic acids is 1. The molecule has 194 valence electrons. The summed E-state index contributed by atoms with van der Waals surface area (Å²) in [5, 5.41) is 0.117. The summed E-state index contributed by atoms with van der Waals surface area (Å²) in [6.45, 7) is 1.17. The summed E-state index contributed by atoms with van der Waals surface area (Å²) in [4.78, 5) is 26.2. The number of aromatic nitrogens is 3. The van der Waals surface area contributed by atoms with Gasteiger partial charge in [-0.1, -0.05) is 17.8 Å². The van der Waals surface area contributed by atoms with Crippen molar-refractivity contribution in [3.63, 3.8) is 0 Å². The van der Waals surface area contributed by atoms with Crippen LogP contribution in [0.4, 0.5) is 19.0 Å². The summed E-state index contributed by atoms with van der Waals surface area (Å²) in [6, 6.07) is 8.57. The molecule has 3 aromatic rings. The third kappa shape index (κ3) is 4.71. The Morgan fingerprint density at radius 3 is 2.65 bits per heavy atom. The van der Waals surface area contributed by atoms with Crippen LogP contribution >= 0.6 is 11.8 Å². The maximum absolute atomic E-state index is 13.3. The van der Waals surface area contributed by atoms with Gasteiger partial charge in [0.25, 0.3) is 5.91 Å². The average Bonchev–Trinajstić information content (AvgIpc) is 3.14. The van der Waals surface area contributed by atoms with Gasteiger partial charge in [-0.3, -0.25) is 9.78 Å². The van der Waals surface area contributed by atoms with Gasteiger partial charge in [0.15, 0.2) is 17.2 Å². The van der Waals surface area contributed by atoms with Gasteiger partial charge < -0.3 is 21.1 Å². The zero-order valence-electron chi connectivity index (χ0n) is 20.0. The first-order valence-corrected chi connectivity index (χ1v) is 12.5. The second kappa shape index (κ2) is 9.49. The smallest absolute Gasteiger partial charge is 0.434 e. The third-order valence-electron chi connectivity index (χ3n) is 7.17. The molecule has 1 saturated heterocycles. The van der Waals surface area contributed by atoms with E-state index in [0.29, 0.717) is 18.9 Å². The van der Waals surface area contributed by atoms with Crippen LogP contribution in [0.1, 0.15) is 46.2 Å². The van der Waals surface area contributed by atoms with Crippen LogP contribution in [0.2, 0.25) is 0 Å². The van der Waals surface area contributed by atoms with Crippen LogP contribution in [0.3, 0.4) is 0 Å². The number of hydrogen-bond donors (Lipinski definition) is 2. The molecule has 1 fully saturated rings. The molecular formula is C25H25F3N6O2S. The number of primary amides is 1. The normalized spacial score (nSPS) is 18.6. The highest BCUT2D eigenvalue weighted by Gasteiger charge is 2.46. The molecule has 8 nitrogen and oxygen atoms in total. The molecule has 1 aromatic carbocycles. The number of ether oxygens (including phenoxy) is 1. The van der Waals surface area contributed by atoms with Crippen LogP contribution < -0.4 is 21.1 Å². The van der Waals surface area contributed by atoms with Crippen molar-refractivity contribution in [1.29, 1.82) is 0 Å². The number of halogens is 3. The van der Waals surface area contributed by atoms with E-state index < -0.39 is 17.8 Å². The molecule has 1 atom stereocenters. The zero-order chi connectivity index (χ0) is 26.4. The van der Waals surface area contributed by atoms with Gasteiger partial charge in [-0.25, -0.2) is 9.97 Å². The van der Waals surface area contributed by atoms with E-state index in [1.807, 2.05) is 17.0 Å². The van der Waals surface area contributed by atoms with E-state index in [9.17, 15) is 18.0 Å². The van der Waals surface area contributed by atoms with Gasteiger partial charge in [-0.05, 0) is 60.1 Å². The van der Waals surface area contributed by atoms with Crippen molar-refractivity contribution in [3.8, 4) is 5.75 Å². The fourth-order valence-corrected chi connectivity index (χ4v) is 6.11. The number of benzene rings is 1. The molecule has 0 bridgehead atoms. The maximum atomic E-state index is 13.3. The molecule has 1 amide bonds. The number of piperidine rings is 1. The minimum atomic E-state index is -4.63. The average molecular weight is 531 g/mol. The molecule has 1 spiro atoms. The molecule has 0 unspecified atom stereocenters. The topological polar surface area (TPSA) is 120 Å². The van der Waals surface area contributed by atoms with E-state index in [1.54, 1.807) is 7.11 Å². The molecule has 37 heavy (non-hydrogen) atoms. The Morgan fingerprint density at radius 2 is 1.97 bits per heavy atom. The summed E-state index contributed by atoms with van der Waals surface area (Å²) in [7, 11) is 1.63. The fourth-order valence-electron chi connectivity index (χ4n) is 5.23. The molecule has 3 heterocycles. The lowest BCUT2D eigenvalue weighted by molar-refractivity contribution is -0.143. The number of hydrogen-bond acceptors (Lipinski definition) is 8. The Hall–Kier alpha value is -3.38. The number of rotatable bonds is 5. The third-order valence-corrected chi connectivity index (χ3v) is 8.12. The first-order chi connectivity index (χ1) is 17.6. The van der Waals surface area contributed by atoms with E-state index in [1.165, 1.54) is 23.9 Å². The molecule has 5 rings (SSSR count). The van der Waals surface area contributed by atoms with Gasteiger partial charge in [0, 0.05) is 30.2 Å². The fraction of sp³-hybridized carbons (Fsp3) is 0.360. The van der Waals surface area contributed by atoms with Crippen molar-refractivity contribution in [1.82, 2.24) is 15.0 Å². The Kier molecular flexibility index (Phi) is 6.48. The predicted octanol–water partition coefficient (Wildman–Crippen LogP) is 3.99. The number of nitrogens with two attached hydrogens (primary N) is 2.